The van der Waals surface area contributed by atoms with Gasteiger partial charge in [0.05, 0.1) is 11.6 Å². The molecule has 8 heteroatoms. The van der Waals surface area contributed by atoms with Gasteiger partial charge in [-0.1, -0.05) is 12.8 Å². The van der Waals surface area contributed by atoms with Crippen molar-refractivity contribution in [3.8, 4) is 0 Å². The fraction of sp³-hybridized carbons (Fsp3) is 0.550. The summed E-state index contributed by atoms with van der Waals surface area (Å²) in [5.41, 5.74) is 1.91. The second-order valence-electron chi connectivity index (χ2n) is 8.29. The maximum absolute atomic E-state index is 13.2. The van der Waals surface area contributed by atoms with Crippen LogP contribution in [0.25, 0.3) is 10.9 Å². The van der Waals surface area contributed by atoms with Crippen LogP contribution in [0.3, 0.4) is 0 Å². The van der Waals surface area contributed by atoms with Crippen molar-refractivity contribution in [2.24, 2.45) is 0 Å². The number of hydrogen-bond acceptors (Lipinski definition) is 5. The largest absolute Gasteiger partial charge is 0.335 e. The molecule has 0 radical (unpaired) electrons. The first-order valence-corrected chi connectivity index (χ1v) is 10.2. The second kappa shape index (κ2) is 6.86. The molecule has 1 aromatic heterocycles. The Kier molecular flexibility index (Phi) is 4.32. The van der Waals surface area contributed by atoms with Gasteiger partial charge in [-0.05, 0) is 44.5 Å². The van der Waals surface area contributed by atoms with Crippen LogP contribution in [0.4, 0.5) is 10.5 Å². The minimum absolute atomic E-state index is 0.0287. The molecule has 3 heterocycles. The number of anilines is 1. The fourth-order valence-electron chi connectivity index (χ4n) is 5.02. The Hall–Kier alpha value is -2.45. The average Bonchev–Trinajstić information content (AvgIpc) is 3.45. The Balaban J connectivity index is 1.36. The van der Waals surface area contributed by atoms with E-state index in [0.717, 1.165) is 36.7 Å². The summed E-state index contributed by atoms with van der Waals surface area (Å²) in [5.74, 6) is 0.0287. The van der Waals surface area contributed by atoms with Gasteiger partial charge in [-0.25, -0.2) is 4.79 Å². The van der Waals surface area contributed by atoms with Crippen LogP contribution >= 0.6 is 0 Å². The quantitative estimate of drug-likeness (QED) is 0.605. The maximum atomic E-state index is 13.2. The Morgan fingerprint density at radius 1 is 1.25 bits per heavy atom. The average molecular weight is 382 g/mol. The molecule has 1 aromatic carbocycles. The number of carbonyl (C=O) groups is 2. The van der Waals surface area contributed by atoms with E-state index in [2.05, 4.69) is 31.0 Å². The number of hydrogen-bond donors (Lipinski definition) is 4. The number of urea groups is 1. The van der Waals surface area contributed by atoms with Crippen molar-refractivity contribution >= 4 is 28.4 Å². The summed E-state index contributed by atoms with van der Waals surface area (Å²) in [6.45, 7) is 0.941. The molecule has 0 spiro atoms. The zero-order valence-corrected chi connectivity index (χ0v) is 16.0. The summed E-state index contributed by atoms with van der Waals surface area (Å²) in [4.78, 5) is 27.7. The zero-order chi connectivity index (χ0) is 19.3. The molecule has 2 bridgehead atoms. The Morgan fingerprint density at radius 3 is 2.82 bits per heavy atom. The molecular weight excluding hydrogens is 356 g/mol. The predicted octanol–water partition coefficient (Wildman–Crippen LogP) is 1.85. The molecule has 8 nitrogen and oxygen atoms in total. The first kappa shape index (κ1) is 17.6. The first-order chi connectivity index (χ1) is 13.6. The molecule has 2 amide bonds. The van der Waals surface area contributed by atoms with Crippen LogP contribution in [0, 0.1) is 0 Å². The lowest BCUT2D eigenvalue weighted by Gasteiger charge is -2.30. The molecule has 148 valence electrons. The predicted molar refractivity (Wildman–Crippen MR) is 107 cm³/mol. The van der Waals surface area contributed by atoms with Crippen LogP contribution < -0.4 is 16.0 Å². The monoisotopic (exact) mass is 382 g/mol. The minimum atomic E-state index is -0.195. The highest BCUT2D eigenvalue weighted by Gasteiger charge is 2.48. The molecule has 5 rings (SSSR count). The van der Waals surface area contributed by atoms with Gasteiger partial charge in [0.1, 0.15) is 5.69 Å². The molecule has 3 aliphatic rings. The summed E-state index contributed by atoms with van der Waals surface area (Å²) in [6, 6.07) is 6.00. The van der Waals surface area contributed by atoms with E-state index in [4.69, 9.17) is 0 Å². The number of carbonyl (C=O) groups excluding carboxylic acids is 2. The molecule has 2 saturated heterocycles. The number of benzene rings is 1. The molecule has 2 aliphatic heterocycles. The highest BCUT2D eigenvalue weighted by atomic mass is 16.2. The molecule has 4 N–H and O–H groups in total. The Morgan fingerprint density at radius 2 is 2.07 bits per heavy atom. The zero-order valence-electron chi connectivity index (χ0n) is 16.0. The standard InChI is InChI=1S/C20H26N6O2/c1-26-13-9-16(21-10-13)18(26)19(27)17-14-8-12(6-7-15(14)24-25-17)23-20(28)22-11-4-2-3-5-11/h6-8,11,13,16,18,21H,2-5,9-10H2,1H3,(H,24,25)(H2,22,23,28)/t13-,16+,18?/m1/s1. The summed E-state index contributed by atoms with van der Waals surface area (Å²) in [6.07, 6.45) is 5.42. The van der Waals surface area contributed by atoms with Gasteiger partial charge >= 0.3 is 6.03 Å². The second-order valence-corrected chi connectivity index (χ2v) is 8.29. The number of nitrogens with zero attached hydrogens (tertiary/aromatic N) is 2. The van der Waals surface area contributed by atoms with Crippen LogP contribution in [0.2, 0.25) is 0 Å². The number of rotatable bonds is 4. The van der Waals surface area contributed by atoms with Gasteiger partial charge in [0.2, 0.25) is 5.78 Å². The molecular formula is C20H26N6O2. The molecule has 1 aliphatic carbocycles. The number of ketones is 1. The van der Waals surface area contributed by atoms with Crippen molar-refractivity contribution in [3.63, 3.8) is 0 Å². The maximum Gasteiger partial charge on any atom is 0.319 e. The molecule has 3 fully saturated rings. The third kappa shape index (κ3) is 2.97. The topological polar surface area (TPSA) is 102 Å². The number of likely N-dealkylation sites (tertiary alicyclic amines) is 1. The highest BCUT2D eigenvalue weighted by Crippen LogP contribution is 2.31. The number of piperazine rings is 1. The van der Waals surface area contributed by atoms with Gasteiger partial charge in [0.15, 0.2) is 0 Å². The van der Waals surface area contributed by atoms with E-state index in [1.165, 1.54) is 12.8 Å². The van der Waals surface area contributed by atoms with Crippen molar-refractivity contribution in [3.05, 3.63) is 23.9 Å². The van der Waals surface area contributed by atoms with Gasteiger partial charge < -0.3 is 16.0 Å². The van der Waals surface area contributed by atoms with Crippen LogP contribution in [0.15, 0.2) is 18.2 Å². The molecule has 2 aromatic rings. The van der Waals surface area contributed by atoms with Crippen LogP contribution in [-0.4, -0.2) is 64.7 Å². The van der Waals surface area contributed by atoms with E-state index in [-0.39, 0.29) is 29.9 Å². The SMILES string of the molecule is CN1C(C(=O)c2n[nH]c3ccc(NC(=O)NC4CCCC4)cc23)[C@@H]2C[C@@H]1CN2. The van der Waals surface area contributed by atoms with E-state index in [1.807, 2.05) is 25.2 Å². The third-order valence-corrected chi connectivity index (χ3v) is 6.55. The van der Waals surface area contributed by atoms with Crippen LogP contribution in [0.5, 0.6) is 0 Å². The molecule has 1 saturated carbocycles. The number of aromatic nitrogens is 2. The number of nitrogens with one attached hydrogen (secondary N) is 4. The van der Waals surface area contributed by atoms with Crippen molar-refractivity contribution in [2.45, 2.75) is 56.3 Å². The molecule has 1 unspecified atom stereocenters. The highest BCUT2D eigenvalue weighted by molar-refractivity contribution is 6.10. The lowest BCUT2D eigenvalue weighted by atomic mass is 10.0. The van der Waals surface area contributed by atoms with Crippen molar-refractivity contribution in [1.29, 1.82) is 0 Å². The minimum Gasteiger partial charge on any atom is -0.335 e. The number of Topliss-reactive ketones (excluding diaryl/α,β-unsaturated/α-hetero) is 1. The van der Waals surface area contributed by atoms with Gasteiger partial charge in [0.25, 0.3) is 0 Å². The number of amides is 2. The van der Waals surface area contributed by atoms with Gasteiger partial charge in [-0.3, -0.25) is 14.8 Å². The summed E-state index contributed by atoms with van der Waals surface area (Å²) in [5, 5.41) is 17.4. The Labute approximate surface area is 163 Å². The molecule has 28 heavy (non-hydrogen) atoms. The normalized spacial score (nSPS) is 27.5. The molecule has 3 atom stereocenters. The van der Waals surface area contributed by atoms with Crippen molar-refractivity contribution < 1.29 is 9.59 Å². The number of aromatic amines is 1. The van der Waals surface area contributed by atoms with E-state index in [1.54, 1.807) is 0 Å². The van der Waals surface area contributed by atoms with E-state index >= 15 is 0 Å². The summed E-state index contributed by atoms with van der Waals surface area (Å²) in [7, 11) is 2.02. The lowest BCUT2D eigenvalue weighted by molar-refractivity contribution is 0.0811. The fourth-order valence-corrected chi connectivity index (χ4v) is 5.02. The van der Waals surface area contributed by atoms with Crippen LogP contribution in [0.1, 0.15) is 42.6 Å². The smallest absolute Gasteiger partial charge is 0.319 e. The van der Waals surface area contributed by atoms with Gasteiger partial charge in [-0.15, -0.1) is 0 Å². The number of H-pyrrole nitrogens is 1. The van der Waals surface area contributed by atoms with Gasteiger partial charge in [-0.2, -0.15) is 5.10 Å². The number of likely N-dealkylation sites (N-methyl/N-ethyl adjacent to an activating group) is 1. The third-order valence-electron chi connectivity index (χ3n) is 6.55. The van der Waals surface area contributed by atoms with E-state index < -0.39 is 0 Å². The Bertz CT molecular complexity index is 917. The van der Waals surface area contributed by atoms with Crippen LogP contribution in [-0.2, 0) is 0 Å². The van der Waals surface area contributed by atoms with Gasteiger partial charge in [0, 0.05) is 35.7 Å². The summed E-state index contributed by atoms with van der Waals surface area (Å²) >= 11 is 0. The number of fused-ring (bicyclic) bond motifs is 3. The van der Waals surface area contributed by atoms with E-state index in [9.17, 15) is 9.59 Å². The van der Waals surface area contributed by atoms with Crippen molar-refractivity contribution in [1.82, 2.24) is 25.7 Å². The lowest BCUT2D eigenvalue weighted by Crippen LogP contribution is -2.53. The van der Waals surface area contributed by atoms with E-state index in [0.29, 0.717) is 17.4 Å². The first-order valence-electron chi connectivity index (χ1n) is 10.2. The van der Waals surface area contributed by atoms with Crippen molar-refractivity contribution in [2.75, 3.05) is 18.9 Å². The summed E-state index contributed by atoms with van der Waals surface area (Å²) < 4.78 is 0.